The van der Waals surface area contributed by atoms with Crippen LogP contribution in [-0.2, 0) is 7.05 Å². The van der Waals surface area contributed by atoms with Crippen LogP contribution in [0.4, 0.5) is 9.80 Å². The number of urea groups is 1. The van der Waals surface area contributed by atoms with Gasteiger partial charge in [0.05, 0.1) is 11.5 Å². The first-order chi connectivity index (χ1) is 8.66. The maximum absolute atomic E-state index is 11.5. The van der Waals surface area contributed by atoms with Gasteiger partial charge >= 0.3 is 6.03 Å². The van der Waals surface area contributed by atoms with Crippen LogP contribution in [0, 0.1) is 0 Å². The second-order valence-electron chi connectivity index (χ2n) is 3.87. The highest BCUT2D eigenvalue weighted by molar-refractivity contribution is 7.14. The zero-order valence-corrected chi connectivity index (χ0v) is 10.8. The third kappa shape index (κ3) is 3.12. The molecule has 0 aromatic carbocycles. The normalized spacial score (nSPS) is 12.1. The smallest absolute Gasteiger partial charge is 0.319 e. The number of aromatic nitrogens is 1. The summed E-state index contributed by atoms with van der Waals surface area (Å²) in [6, 6.07) is 7.04. The van der Waals surface area contributed by atoms with E-state index in [9.17, 15) is 9.90 Å². The molecule has 0 radical (unpaired) electrons. The Labute approximate surface area is 109 Å². The fourth-order valence-corrected chi connectivity index (χ4v) is 2.23. The SMILES string of the molecule is Cn1cccc1[C@H](O)CNC(=O)Nc1cccs1. The third-order valence-corrected chi connectivity index (χ3v) is 3.32. The minimum absolute atomic E-state index is 0.176. The second kappa shape index (κ2) is 5.70. The fourth-order valence-electron chi connectivity index (χ4n) is 1.62. The summed E-state index contributed by atoms with van der Waals surface area (Å²) in [5, 5.41) is 17.9. The number of nitrogens with zero attached hydrogens (tertiary/aromatic N) is 1. The molecule has 2 rings (SSSR count). The molecule has 0 aliphatic carbocycles. The molecule has 3 N–H and O–H groups in total. The van der Waals surface area contributed by atoms with Crippen LogP contribution in [0.3, 0.4) is 0 Å². The Kier molecular flexibility index (Phi) is 4.01. The fraction of sp³-hybridized carbons (Fsp3) is 0.250. The number of aryl methyl sites for hydroxylation is 1. The predicted octanol–water partition coefficient (Wildman–Crippen LogP) is 1.94. The Balaban J connectivity index is 1.81. The summed E-state index contributed by atoms with van der Waals surface area (Å²) < 4.78 is 1.82. The zero-order chi connectivity index (χ0) is 13.0. The summed E-state index contributed by atoms with van der Waals surface area (Å²) in [5.74, 6) is 0. The number of carbonyl (C=O) groups excluding carboxylic acids is 1. The van der Waals surface area contributed by atoms with Crippen molar-refractivity contribution in [2.24, 2.45) is 7.05 Å². The first-order valence-corrected chi connectivity index (χ1v) is 6.42. The van der Waals surface area contributed by atoms with Crippen LogP contribution in [-0.4, -0.2) is 22.2 Å². The van der Waals surface area contributed by atoms with E-state index in [0.29, 0.717) is 0 Å². The molecular formula is C12H15N3O2S. The van der Waals surface area contributed by atoms with Crippen LogP contribution < -0.4 is 10.6 Å². The molecule has 2 aromatic heterocycles. The largest absolute Gasteiger partial charge is 0.385 e. The maximum Gasteiger partial charge on any atom is 0.319 e. The molecule has 5 nitrogen and oxygen atoms in total. The van der Waals surface area contributed by atoms with E-state index >= 15 is 0 Å². The van der Waals surface area contributed by atoms with Gasteiger partial charge in [0.1, 0.15) is 6.10 Å². The molecule has 0 aliphatic heterocycles. The zero-order valence-electron chi connectivity index (χ0n) is 9.96. The highest BCUT2D eigenvalue weighted by atomic mass is 32.1. The molecule has 0 bridgehead atoms. The highest BCUT2D eigenvalue weighted by Crippen LogP contribution is 2.15. The van der Waals surface area contributed by atoms with Crippen LogP contribution in [0.1, 0.15) is 11.8 Å². The molecule has 0 fully saturated rings. The maximum atomic E-state index is 11.5. The van der Waals surface area contributed by atoms with E-state index in [0.717, 1.165) is 10.7 Å². The molecule has 0 spiro atoms. The number of aliphatic hydroxyl groups is 1. The van der Waals surface area contributed by atoms with E-state index in [1.54, 1.807) is 0 Å². The van der Waals surface area contributed by atoms with Gasteiger partial charge in [-0.25, -0.2) is 4.79 Å². The number of nitrogens with one attached hydrogen (secondary N) is 2. The molecule has 0 saturated heterocycles. The summed E-state index contributed by atoms with van der Waals surface area (Å²) in [4.78, 5) is 11.5. The molecule has 0 saturated carbocycles. The van der Waals surface area contributed by atoms with Crippen molar-refractivity contribution in [3.8, 4) is 0 Å². The standard InChI is InChI=1S/C12H15N3O2S/c1-15-6-2-4-9(15)10(16)8-13-12(17)14-11-5-3-7-18-11/h2-7,10,16H,8H2,1H3,(H2,13,14,17)/t10-/m1/s1. The first kappa shape index (κ1) is 12.7. The lowest BCUT2D eigenvalue weighted by atomic mass is 10.2. The van der Waals surface area contributed by atoms with Crippen LogP contribution in [0.5, 0.6) is 0 Å². The first-order valence-electron chi connectivity index (χ1n) is 5.54. The van der Waals surface area contributed by atoms with Gasteiger partial charge in [-0.05, 0) is 29.6 Å². The number of amides is 2. The van der Waals surface area contributed by atoms with Gasteiger partial charge in [-0.1, -0.05) is 0 Å². The van der Waals surface area contributed by atoms with E-state index < -0.39 is 6.10 Å². The number of aliphatic hydroxyl groups excluding tert-OH is 1. The molecule has 0 aliphatic rings. The summed E-state index contributed by atoms with van der Waals surface area (Å²) in [6.45, 7) is 0.176. The van der Waals surface area contributed by atoms with Gasteiger partial charge in [-0.3, -0.25) is 5.32 Å². The molecule has 2 amide bonds. The summed E-state index contributed by atoms with van der Waals surface area (Å²) in [5.41, 5.74) is 0.770. The molecule has 96 valence electrons. The molecule has 2 aromatic rings. The lowest BCUT2D eigenvalue weighted by molar-refractivity contribution is 0.167. The minimum Gasteiger partial charge on any atom is -0.385 e. The van der Waals surface area contributed by atoms with Gasteiger partial charge in [0.2, 0.25) is 0 Å². The lowest BCUT2D eigenvalue weighted by Gasteiger charge is -2.13. The summed E-state index contributed by atoms with van der Waals surface area (Å²) >= 11 is 1.45. The van der Waals surface area contributed by atoms with Crippen molar-refractivity contribution in [3.05, 3.63) is 41.5 Å². The van der Waals surface area contributed by atoms with E-state index in [2.05, 4.69) is 10.6 Å². The predicted molar refractivity (Wildman–Crippen MR) is 71.7 cm³/mol. The van der Waals surface area contributed by atoms with Gasteiger partial charge in [-0.15, -0.1) is 11.3 Å². The number of rotatable bonds is 4. The van der Waals surface area contributed by atoms with Crippen molar-refractivity contribution in [1.29, 1.82) is 0 Å². The molecular weight excluding hydrogens is 250 g/mol. The number of hydrogen-bond acceptors (Lipinski definition) is 3. The molecule has 1 atom stereocenters. The minimum atomic E-state index is -0.709. The van der Waals surface area contributed by atoms with Crippen molar-refractivity contribution < 1.29 is 9.90 Å². The van der Waals surface area contributed by atoms with Gasteiger partial charge in [0.15, 0.2) is 0 Å². The highest BCUT2D eigenvalue weighted by Gasteiger charge is 2.11. The Morgan fingerprint density at radius 2 is 2.33 bits per heavy atom. The van der Waals surface area contributed by atoms with Crippen LogP contribution >= 0.6 is 11.3 Å². The molecule has 6 heteroatoms. The van der Waals surface area contributed by atoms with E-state index in [4.69, 9.17) is 0 Å². The Bertz CT molecular complexity index is 507. The topological polar surface area (TPSA) is 66.3 Å². The number of carbonyl (C=O) groups is 1. The van der Waals surface area contributed by atoms with Crippen LogP contribution in [0.15, 0.2) is 35.8 Å². The Hall–Kier alpha value is -1.79. The van der Waals surface area contributed by atoms with Crippen LogP contribution in [0.2, 0.25) is 0 Å². The average Bonchev–Trinajstić information content (AvgIpc) is 2.97. The summed E-state index contributed by atoms with van der Waals surface area (Å²) in [6.07, 6.45) is 1.14. The lowest BCUT2D eigenvalue weighted by Crippen LogP contribution is -2.32. The van der Waals surface area contributed by atoms with E-state index in [1.807, 2.05) is 47.5 Å². The van der Waals surface area contributed by atoms with Gasteiger partial charge < -0.3 is 15.0 Å². The van der Waals surface area contributed by atoms with Gasteiger partial charge in [-0.2, -0.15) is 0 Å². The Morgan fingerprint density at radius 3 is 2.94 bits per heavy atom. The molecule has 0 unspecified atom stereocenters. The quantitative estimate of drug-likeness (QED) is 0.791. The monoisotopic (exact) mass is 265 g/mol. The van der Waals surface area contributed by atoms with Crippen molar-refractivity contribution in [3.63, 3.8) is 0 Å². The van der Waals surface area contributed by atoms with Crippen LogP contribution in [0.25, 0.3) is 0 Å². The Morgan fingerprint density at radius 1 is 1.50 bits per heavy atom. The van der Waals surface area contributed by atoms with E-state index in [1.165, 1.54) is 11.3 Å². The third-order valence-electron chi connectivity index (χ3n) is 2.54. The number of anilines is 1. The van der Waals surface area contributed by atoms with Gasteiger partial charge in [0, 0.05) is 18.9 Å². The van der Waals surface area contributed by atoms with Crippen molar-refractivity contribution in [2.45, 2.75) is 6.10 Å². The van der Waals surface area contributed by atoms with Gasteiger partial charge in [0.25, 0.3) is 0 Å². The molecule has 18 heavy (non-hydrogen) atoms. The van der Waals surface area contributed by atoms with E-state index in [-0.39, 0.29) is 12.6 Å². The molecule has 2 heterocycles. The summed E-state index contributed by atoms with van der Waals surface area (Å²) in [7, 11) is 1.85. The van der Waals surface area contributed by atoms with Crippen molar-refractivity contribution in [1.82, 2.24) is 9.88 Å². The van der Waals surface area contributed by atoms with Crippen molar-refractivity contribution in [2.75, 3.05) is 11.9 Å². The number of thiophene rings is 1. The second-order valence-corrected chi connectivity index (χ2v) is 4.82. The number of hydrogen-bond donors (Lipinski definition) is 3. The van der Waals surface area contributed by atoms with Crippen molar-refractivity contribution >= 4 is 22.4 Å². The average molecular weight is 265 g/mol.